The highest BCUT2D eigenvalue weighted by molar-refractivity contribution is 4.97. The molecule has 0 heterocycles. The Hall–Kier alpha value is -0.510. The molecule has 0 aliphatic heterocycles. The van der Waals surface area contributed by atoms with Crippen LogP contribution in [-0.2, 0) is 0 Å². The zero-order valence-corrected chi connectivity index (χ0v) is 19.1. The summed E-state index contributed by atoms with van der Waals surface area (Å²) in [4.78, 5) is 0. The molecule has 3 aliphatic rings. The van der Waals surface area contributed by atoms with Gasteiger partial charge < -0.3 is 0 Å². The van der Waals surface area contributed by atoms with Crippen molar-refractivity contribution in [2.24, 2.45) is 35.0 Å². The highest BCUT2D eigenvalue weighted by Gasteiger charge is 2.43. The SMILES string of the molecule is CCCCCC1CCC(C2CCC(C3(CCC)CCC(C#N)CC3)CC2)CC1. The molecular weight excluding hydrogens is 338 g/mol. The molecule has 0 atom stereocenters. The second-order valence-corrected chi connectivity index (χ2v) is 10.9. The molecule has 3 saturated carbocycles. The van der Waals surface area contributed by atoms with Gasteiger partial charge in [-0.25, -0.2) is 0 Å². The van der Waals surface area contributed by atoms with Gasteiger partial charge in [0.05, 0.1) is 6.07 Å². The first-order valence-corrected chi connectivity index (χ1v) is 13.1. The quantitative estimate of drug-likeness (QED) is 0.383. The topological polar surface area (TPSA) is 23.8 Å². The maximum absolute atomic E-state index is 9.31. The number of rotatable bonds is 8. The highest BCUT2D eigenvalue weighted by atomic mass is 14.5. The Kier molecular flexibility index (Phi) is 8.74. The van der Waals surface area contributed by atoms with Crippen molar-refractivity contribution in [1.29, 1.82) is 5.26 Å². The van der Waals surface area contributed by atoms with Crippen LogP contribution in [0.1, 0.15) is 129 Å². The first kappa shape index (κ1) is 22.2. The van der Waals surface area contributed by atoms with Crippen LogP contribution in [0.2, 0.25) is 0 Å². The summed E-state index contributed by atoms with van der Waals surface area (Å²) < 4.78 is 0. The normalized spacial score (nSPS) is 39.4. The van der Waals surface area contributed by atoms with Crippen molar-refractivity contribution in [2.75, 3.05) is 0 Å². The molecule has 3 rings (SSSR count). The van der Waals surface area contributed by atoms with Crippen LogP contribution in [0.3, 0.4) is 0 Å². The number of nitriles is 1. The van der Waals surface area contributed by atoms with Crippen molar-refractivity contribution in [2.45, 2.75) is 129 Å². The zero-order chi connectivity index (χ0) is 19.8. The lowest BCUT2D eigenvalue weighted by molar-refractivity contribution is 0.0244. The van der Waals surface area contributed by atoms with Crippen LogP contribution in [0.25, 0.3) is 0 Å². The smallest absolute Gasteiger partial charge is 0.0655 e. The molecule has 28 heavy (non-hydrogen) atoms. The van der Waals surface area contributed by atoms with Crippen molar-refractivity contribution in [3.63, 3.8) is 0 Å². The van der Waals surface area contributed by atoms with Crippen molar-refractivity contribution < 1.29 is 0 Å². The standard InChI is InChI=1S/C27H47N/c1-3-5-6-7-22-8-10-24(11-9-22)25-12-14-26(15-13-25)27(18-4-2)19-16-23(21-28)17-20-27/h22-26H,3-20H2,1-2H3. The largest absolute Gasteiger partial charge is 0.198 e. The average molecular weight is 386 g/mol. The van der Waals surface area contributed by atoms with Crippen LogP contribution in [0.5, 0.6) is 0 Å². The summed E-state index contributed by atoms with van der Waals surface area (Å²) in [7, 11) is 0. The van der Waals surface area contributed by atoms with Gasteiger partial charge in [0.2, 0.25) is 0 Å². The van der Waals surface area contributed by atoms with Gasteiger partial charge >= 0.3 is 0 Å². The molecule has 0 aromatic heterocycles. The Labute approximate surface area is 176 Å². The van der Waals surface area contributed by atoms with Gasteiger partial charge in [0, 0.05) is 5.92 Å². The zero-order valence-electron chi connectivity index (χ0n) is 19.1. The van der Waals surface area contributed by atoms with Crippen molar-refractivity contribution in [3.05, 3.63) is 0 Å². The lowest BCUT2D eigenvalue weighted by atomic mass is 9.56. The molecule has 0 radical (unpaired) electrons. The molecule has 0 N–H and O–H groups in total. The van der Waals surface area contributed by atoms with Crippen LogP contribution in [0, 0.1) is 46.3 Å². The summed E-state index contributed by atoms with van der Waals surface area (Å²) >= 11 is 0. The number of nitrogens with zero attached hydrogens (tertiary/aromatic N) is 1. The number of hydrogen-bond acceptors (Lipinski definition) is 1. The van der Waals surface area contributed by atoms with Crippen LogP contribution in [0.15, 0.2) is 0 Å². The Bertz CT molecular complexity index is 465. The molecule has 0 unspecified atom stereocenters. The summed E-state index contributed by atoms with van der Waals surface area (Å²) in [5.41, 5.74) is 0.601. The molecule has 0 aromatic rings. The lowest BCUT2D eigenvalue weighted by Gasteiger charge is -2.48. The first-order chi connectivity index (χ1) is 13.7. The van der Waals surface area contributed by atoms with E-state index in [4.69, 9.17) is 0 Å². The van der Waals surface area contributed by atoms with Crippen LogP contribution < -0.4 is 0 Å². The van der Waals surface area contributed by atoms with Gasteiger partial charge in [-0.05, 0) is 99.7 Å². The molecule has 0 amide bonds. The average Bonchev–Trinajstić information content (AvgIpc) is 2.75. The summed E-state index contributed by atoms with van der Waals surface area (Å²) in [6.07, 6.45) is 25.8. The Balaban J connectivity index is 1.44. The fourth-order valence-electron chi connectivity index (χ4n) is 7.52. The first-order valence-electron chi connectivity index (χ1n) is 13.1. The van der Waals surface area contributed by atoms with Crippen LogP contribution >= 0.6 is 0 Å². The third kappa shape index (κ3) is 5.55. The van der Waals surface area contributed by atoms with Crippen LogP contribution in [-0.4, -0.2) is 0 Å². The fourth-order valence-corrected chi connectivity index (χ4v) is 7.52. The molecule has 3 fully saturated rings. The van der Waals surface area contributed by atoms with Gasteiger partial charge in [-0.2, -0.15) is 5.26 Å². The van der Waals surface area contributed by atoms with E-state index in [-0.39, 0.29) is 0 Å². The van der Waals surface area contributed by atoms with E-state index in [0.717, 1.165) is 23.7 Å². The van der Waals surface area contributed by atoms with Gasteiger partial charge in [-0.15, -0.1) is 0 Å². The van der Waals surface area contributed by atoms with Crippen molar-refractivity contribution >= 4 is 0 Å². The van der Waals surface area contributed by atoms with E-state index in [1.165, 1.54) is 116 Å². The molecule has 1 heteroatoms. The predicted octanol–water partition coefficient (Wildman–Crippen LogP) is 8.68. The van der Waals surface area contributed by atoms with E-state index in [9.17, 15) is 5.26 Å². The molecular formula is C27H47N. The predicted molar refractivity (Wildman–Crippen MR) is 120 cm³/mol. The Morgan fingerprint density at radius 1 is 0.750 bits per heavy atom. The van der Waals surface area contributed by atoms with Gasteiger partial charge in [-0.3, -0.25) is 0 Å². The second-order valence-electron chi connectivity index (χ2n) is 10.9. The summed E-state index contributed by atoms with van der Waals surface area (Å²) in [6.45, 7) is 4.70. The van der Waals surface area contributed by atoms with Crippen molar-refractivity contribution in [3.8, 4) is 6.07 Å². The molecule has 1 nitrogen and oxygen atoms in total. The summed E-state index contributed by atoms with van der Waals surface area (Å²) in [5, 5.41) is 9.31. The van der Waals surface area contributed by atoms with E-state index >= 15 is 0 Å². The van der Waals surface area contributed by atoms with E-state index < -0.39 is 0 Å². The molecule has 0 saturated heterocycles. The minimum absolute atomic E-state index is 0.355. The molecule has 3 aliphatic carbocycles. The van der Waals surface area contributed by atoms with Gasteiger partial charge in [0.25, 0.3) is 0 Å². The summed E-state index contributed by atoms with van der Waals surface area (Å²) in [5.74, 6) is 4.48. The monoisotopic (exact) mass is 385 g/mol. The third-order valence-corrected chi connectivity index (χ3v) is 9.32. The molecule has 0 spiro atoms. The minimum atomic E-state index is 0.355. The minimum Gasteiger partial charge on any atom is -0.198 e. The second kappa shape index (κ2) is 11.0. The van der Waals surface area contributed by atoms with Crippen LogP contribution in [0.4, 0.5) is 0 Å². The number of unbranched alkanes of at least 4 members (excludes halogenated alkanes) is 2. The Morgan fingerprint density at radius 2 is 1.36 bits per heavy atom. The Morgan fingerprint density at radius 3 is 1.89 bits per heavy atom. The van der Waals surface area contributed by atoms with Crippen molar-refractivity contribution in [1.82, 2.24) is 0 Å². The highest BCUT2D eigenvalue weighted by Crippen LogP contribution is 2.54. The van der Waals surface area contributed by atoms with E-state index in [0.29, 0.717) is 11.3 Å². The summed E-state index contributed by atoms with van der Waals surface area (Å²) in [6, 6.07) is 2.56. The van der Waals surface area contributed by atoms with Gasteiger partial charge in [0.15, 0.2) is 0 Å². The maximum atomic E-state index is 9.31. The number of hydrogen-bond donors (Lipinski definition) is 0. The lowest BCUT2D eigenvalue weighted by Crippen LogP contribution is -2.38. The van der Waals surface area contributed by atoms with Gasteiger partial charge in [-0.1, -0.05) is 58.8 Å². The molecule has 0 bridgehead atoms. The fraction of sp³-hybridized carbons (Fsp3) is 0.963. The van der Waals surface area contributed by atoms with E-state index in [1.54, 1.807) is 0 Å². The van der Waals surface area contributed by atoms with Gasteiger partial charge in [0.1, 0.15) is 0 Å². The maximum Gasteiger partial charge on any atom is 0.0655 e. The van der Waals surface area contributed by atoms with E-state index in [1.807, 2.05) is 0 Å². The van der Waals surface area contributed by atoms with E-state index in [2.05, 4.69) is 19.9 Å². The third-order valence-electron chi connectivity index (χ3n) is 9.32. The molecule has 160 valence electrons. The molecule has 0 aromatic carbocycles.